The van der Waals surface area contributed by atoms with E-state index in [9.17, 15) is 18.8 Å². The number of ether oxygens (including phenoxy) is 1. The van der Waals surface area contributed by atoms with Crippen LogP contribution in [0.15, 0.2) is 84.3 Å². The Labute approximate surface area is 215 Å². The summed E-state index contributed by atoms with van der Waals surface area (Å²) < 4.78 is 19.2. The second-order valence-electron chi connectivity index (χ2n) is 8.75. The number of hydrogen-bond donors (Lipinski definition) is 1. The van der Waals surface area contributed by atoms with Crippen LogP contribution in [-0.4, -0.2) is 34.3 Å². The molecule has 0 aliphatic carbocycles. The van der Waals surface area contributed by atoms with Gasteiger partial charge in [0.25, 0.3) is 5.91 Å². The number of esters is 1. The molecule has 4 rings (SSSR count). The minimum absolute atomic E-state index is 0.00104. The molecule has 37 heavy (non-hydrogen) atoms. The van der Waals surface area contributed by atoms with E-state index in [0.717, 1.165) is 11.1 Å². The summed E-state index contributed by atoms with van der Waals surface area (Å²) in [5.41, 5.74) is 3.45. The molecule has 0 bridgehead atoms. The summed E-state index contributed by atoms with van der Waals surface area (Å²) in [6.45, 7) is 4.12. The molecule has 8 heteroatoms. The van der Waals surface area contributed by atoms with Crippen LogP contribution < -0.4 is 5.32 Å². The lowest BCUT2D eigenvalue weighted by Gasteiger charge is -2.34. The van der Waals surface area contributed by atoms with Crippen molar-refractivity contribution in [3.05, 3.63) is 112 Å². The fourth-order valence-electron chi connectivity index (χ4n) is 4.46. The first-order valence-electron chi connectivity index (χ1n) is 12.1. The lowest BCUT2D eigenvalue weighted by Crippen LogP contribution is -2.38. The van der Waals surface area contributed by atoms with Gasteiger partial charge in [-0.05, 0) is 66.9 Å². The summed E-state index contributed by atoms with van der Waals surface area (Å²) in [5.74, 6) is -2.02. The van der Waals surface area contributed by atoms with E-state index < -0.39 is 17.7 Å². The van der Waals surface area contributed by atoms with Gasteiger partial charge >= 0.3 is 5.97 Å². The van der Waals surface area contributed by atoms with Crippen molar-refractivity contribution in [2.75, 3.05) is 6.61 Å². The van der Waals surface area contributed by atoms with Crippen molar-refractivity contribution in [1.82, 2.24) is 15.2 Å². The number of allylic oxidation sites excluding steroid dienone is 1. The fourth-order valence-corrected chi connectivity index (χ4v) is 4.46. The number of hydrogen-bond acceptors (Lipinski definition) is 5. The van der Waals surface area contributed by atoms with Crippen LogP contribution in [0.4, 0.5) is 4.39 Å². The molecule has 0 radical (unpaired) electrons. The highest BCUT2D eigenvalue weighted by Gasteiger charge is 2.37. The monoisotopic (exact) mass is 501 g/mol. The number of halogens is 1. The number of aromatic nitrogens is 1. The molecule has 2 heterocycles. The number of carbonyl (C=O) groups is 3. The standard InChI is InChI=1S/C29H28FN3O4/c1-3-37-29(36)27-19(2)33(26(34)16-25(27)22-7-5-9-24(30)15-22)18-21-6-4-8-23(14-21)28(35)32-17-20-10-12-31-13-11-20/h4-15,25H,3,16-18H2,1-2H3,(H,32,35). The van der Waals surface area contributed by atoms with E-state index in [1.807, 2.05) is 18.2 Å². The van der Waals surface area contributed by atoms with Gasteiger partial charge in [0.2, 0.25) is 5.91 Å². The van der Waals surface area contributed by atoms with Crippen LogP contribution in [-0.2, 0) is 27.4 Å². The topological polar surface area (TPSA) is 88.6 Å². The fraction of sp³-hybridized carbons (Fsp3) is 0.241. The maximum atomic E-state index is 13.9. The normalized spacial score (nSPS) is 15.5. The summed E-state index contributed by atoms with van der Waals surface area (Å²) in [7, 11) is 0. The summed E-state index contributed by atoms with van der Waals surface area (Å²) in [6, 6.07) is 16.6. The third-order valence-corrected chi connectivity index (χ3v) is 6.30. The minimum atomic E-state index is -0.608. The Balaban J connectivity index is 1.58. The van der Waals surface area contributed by atoms with E-state index in [-0.39, 0.29) is 31.4 Å². The molecule has 3 aromatic rings. The van der Waals surface area contributed by atoms with Crippen LogP contribution in [0.2, 0.25) is 0 Å². The zero-order valence-corrected chi connectivity index (χ0v) is 20.7. The van der Waals surface area contributed by atoms with Crippen LogP contribution in [0.25, 0.3) is 0 Å². The van der Waals surface area contributed by atoms with E-state index in [0.29, 0.717) is 28.9 Å². The van der Waals surface area contributed by atoms with Crippen LogP contribution >= 0.6 is 0 Å². The largest absolute Gasteiger partial charge is 0.463 e. The van der Waals surface area contributed by atoms with Gasteiger partial charge in [0.15, 0.2) is 0 Å². The first kappa shape index (κ1) is 25.8. The molecule has 7 nitrogen and oxygen atoms in total. The molecule has 0 fully saturated rings. The van der Waals surface area contributed by atoms with Crippen molar-refractivity contribution in [3.63, 3.8) is 0 Å². The van der Waals surface area contributed by atoms with Gasteiger partial charge in [0, 0.05) is 42.5 Å². The number of nitrogens with one attached hydrogen (secondary N) is 1. The highest BCUT2D eigenvalue weighted by Crippen LogP contribution is 2.38. The minimum Gasteiger partial charge on any atom is -0.463 e. The summed E-state index contributed by atoms with van der Waals surface area (Å²) in [4.78, 5) is 44.4. The predicted molar refractivity (Wildman–Crippen MR) is 135 cm³/mol. The molecule has 2 aromatic carbocycles. The van der Waals surface area contributed by atoms with Gasteiger partial charge in [0.05, 0.1) is 18.7 Å². The van der Waals surface area contributed by atoms with Crippen LogP contribution in [0.3, 0.4) is 0 Å². The smallest absolute Gasteiger partial charge is 0.336 e. The first-order valence-corrected chi connectivity index (χ1v) is 12.1. The highest BCUT2D eigenvalue weighted by molar-refractivity contribution is 5.96. The van der Waals surface area contributed by atoms with Crippen molar-refractivity contribution in [3.8, 4) is 0 Å². The summed E-state index contributed by atoms with van der Waals surface area (Å²) in [6.07, 6.45) is 3.33. The van der Waals surface area contributed by atoms with Gasteiger partial charge in [-0.1, -0.05) is 24.3 Å². The predicted octanol–water partition coefficient (Wildman–Crippen LogP) is 4.50. The SMILES string of the molecule is CCOC(=O)C1=C(C)N(Cc2cccc(C(=O)NCc3ccncc3)c2)C(=O)CC1c1cccc(F)c1. The first-order chi connectivity index (χ1) is 17.9. The van der Waals surface area contributed by atoms with Gasteiger partial charge in [-0.3, -0.25) is 14.6 Å². The van der Waals surface area contributed by atoms with Gasteiger partial charge < -0.3 is 15.0 Å². The summed E-state index contributed by atoms with van der Waals surface area (Å²) >= 11 is 0. The Bertz CT molecular complexity index is 1340. The van der Waals surface area contributed by atoms with Gasteiger partial charge in [0.1, 0.15) is 5.82 Å². The number of amides is 2. The zero-order chi connectivity index (χ0) is 26.4. The van der Waals surface area contributed by atoms with E-state index >= 15 is 0 Å². The van der Waals surface area contributed by atoms with Crippen molar-refractivity contribution in [2.45, 2.75) is 39.3 Å². The van der Waals surface area contributed by atoms with Crippen molar-refractivity contribution >= 4 is 17.8 Å². The van der Waals surface area contributed by atoms with E-state index in [1.54, 1.807) is 56.6 Å². The molecule has 1 aliphatic heterocycles. The average Bonchev–Trinajstić information content (AvgIpc) is 2.90. The zero-order valence-electron chi connectivity index (χ0n) is 20.7. The van der Waals surface area contributed by atoms with Crippen LogP contribution in [0.1, 0.15) is 53.2 Å². The maximum Gasteiger partial charge on any atom is 0.336 e. The Morgan fingerprint density at radius 1 is 1.08 bits per heavy atom. The molecule has 0 saturated heterocycles. The quantitative estimate of drug-likeness (QED) is 0.459. The molecule has 190 valence electrons. The Kier molecular flexibility index (Phi) is 8.08. The van der Waals surface area contributed by atoms with Crippen LogP contribution in [0, 0.1) is 5.82 Å². The molecule has 0 saturated carbocycles. The molecule has 1 N–H and O–H groups in total. The summed E-state index contributed by atoms with van der Waals surface area (Å²) in [5, 5.41) is 2.88. The lowest BCUT2D eigenvalue weighted by molar-refractivity contribution is -0.140. The van der Waals surface area contributed by atoms with Crippen molar-refractivity contribution in [2.24, 2.45) is 0 Å². The number of rotatable bonds is 8. The molecule has 2 amide bonds. The molecule has 1 aromatic heterocycles. The van der Waals surface area contributed by atoms with Gasteiger partial charge in [-0.25, -0.2) is 9.18 Å². The highest BCUT2D eigenvalue weighted by atomic mass is 19.1. The molecular weight excluding hydrogens is 473 g/mol. The lowest BCUT2D eigenvalue weighted by atomic mass is 9.83. The van der Waals surface area contributed by atoms with Gasteiger partial charge in [-0.15, -0.1) is 0 Å². The number of nitrogens with zero attached hydrogens (tertiary/aromatic N) is 2. The van der Waals surface area contributed by atoms with Crippen LogP contribution in [0.5, 0.6) is 0 Å². The Hall–Kier alpha value is -4.33. The third kappa shape index (κ3) is 6.09. The number of benzene rings is 2. The second kappa shape index (κ2) is 11.6. The number of carbonyl (C=O) groups excluding carboxylic acids is 3. The van der Waals surface area contributed by atoms with E-state index in [4.69, 9.17) is 4.74 Å². The second-order valence-corrected chi connectivity index (χ2v) is 8.75. The molecule has 0 spiro atoms. The molecule has 1 unspecified atom stereocenters. The Morgan fingerprint density at radius 2 is 1.84 bits per heavy atom. The van der Waals surface area contributed by atoms with Gasteiger partial charge in [-0.2, -0.15) is 0 Å². The maximum absolute atomic E-state index is 13.9. The molecule has 1 aliphatic rings. The number of pyridine rings is 1. The van der Waals surface area contributed by atoms with Crippen molar-refractivity contribution in [1.29, 1.82) is 0 Å². The Morgan fingerprint density at radius 3 is 2.57 bits per heavy atom. The average molecular weight is 502 g/mol. The third-order valence-electron chi connectivity index (χ3n) is 6.30. The van der Waals surface area contributed by atoms with Crippen molar-refractivity contribution < 1.29 is 23.5 Å². The van der Waals surface area contributed by atoms with E-state index in [1.165, 1.54) is 17.0 Å². The molecular formula is C29H28FN3O4. The molecule has 1 atom stereocenters. The van der Waals surface area contributed by atoms with E-state index in [2.05, 4.69) is 10.3 Å².